The van der Waals surface area contributed by atoms with Crippen LogP contribution in [0.2, 0.25) is 0 Å². The molecular weight excluding hydrogens is 349 g/mol. The average molecular weight is 369 g/mol. The van der Waals surface area contributed by atoms with Crippen molar-refractivity contribution < 1.29 is 13.9 Å². The third kappa shape index (κ3) is 5.45. The lowest BCUT2D eigenvalue weighted by Gasteiger charge is -2.16. The summed E-state index contributed by atoms with van der Waals surface area (Å²) in [6.07, 6.45) is -0.383. The van der Waals surface area contributed by atoms with Crippen molar-refractivity contribution in [3.05, 3.63) is 30.1 Å². The first-order valence-electron chi connectivity index (χ1n) is 7.68. The van der Waals surface area contributed by atoms with Gasteiger partial charge in [0.1, 0.15) is 0 Å². The van der Waals surface area contributed by atoms with Gasteiger partial charge in [-0.1, -0.05) is 56.0 Å². The fraction of sp³-hybridized carbons (Fsp3) is 0.438. The fourth-order valence-corrected chi connectivity index (χ4v) is 3.49. The summed E-state index contributed by atoms with van der Waals surface area (Å²) in [5, 5.41) is 11.1. The van der Waals surface area contributed by atoms with E-state index in [-0.39, 0.29) is 11.7 Å². The molecule has 0 bridgehead atoms. The second-order valence-electron chi connectivity index (χ2n) is 5.51. The Bertz CT molecular complexity index is 679. The maximum atomic E-state index is 13.7. The predicted molar refractivity (Wildman–Crippen MR) is 95.2 cm³/mol. The Morgan fingerprint density at radius 2 is 2.12 bits per heavy atom. The molecule has 5 nitrogen and oxygen atoms in total. The van der Waals surface area contributed by atoms with Crippen molar-refractivity contribution in [3.8, 4) is 5.75 Å². The Labute approximate surface area is 149 Å². The Balaban J connectivity index is 1.95. The number of halogens is 1. The molecule has 1 amide bonds. The monoisotopic (exact) mass is 369 g/mol. The molecule has 1 aromatic carbocycles. The SMILES string of the molecule is CC[C@H](Oc1ccccc1F)C(=O)Nc1nnc(SCC(C)C)s1. The standard InChI is InChI=1S/C16H20FN3O2S2/c1-4-12(22-13-8-6-5-7-11(13)17)14(21)18-15-19-20-16(24-15)23-9-10(2)3/h5-8,10,12H,4,9H2,1-3H3,(H,18,19,21)/t12-/m0/s1. The smallest absolute Gasteiger partial charge is 0.267 e. The molecule has 0 radical (unpaired) electrons. The highest BCUT2D eigenvalue weighted by Crippen LogP contribution is 2.27. The molecule has 0 unspecified atom stereocenters. The Kier molecular flexibility index (Phi) is 6.99. The van der Waals surface area contributed by atoms with Crippen LogP contribution in [-0.2, 0) is 4.79 Å². The zero-order chi connectivity index (χ0) is 17.5. The lowest BCUT2D eigenvalue weighted by atomic mass is 10.2. The van der Waals surface area contributed by atoms with E-state index in [1.165, 1.54) is 23.5 Å². The zero-order valence-electron chi connectivity index (χ0n) is 13.8. The summed E-state index contributed by atoms with van der Waals surface area (Å²) in [5.41, 5.74) is 0. The Hall–Kier alpha value is -1.67. The lowest BCUT2D eigenvalue weighted by Crippen LogP contribution is -2.32. The number of hydrogen-bond acceptors (Lipinski definition) is 6. The summed E-state index contributed by atoms with van der Waals surface area (Å²) in [7, 11) is 0. The Morgan fingerprint density at radius 1 is 1.38 bits per heavy atom. The number of nitrogens with zero attached hydrogens (tertiary/aromatic N) is 2. The summed E-state index contributed by atoms with van der Waals surface area (Å²) in [6.45, 7) is 6.06. The van der Waals surface area contributed by atoms with Crippen molar-refractivity contribution in [1.29, 1.82) is 0 Å². The van der Waals surface area contributed by atoms with Gasteiger partial charge in [0.2, 0.25) is 5.13 Å². The van der Waals surface area contributed by atoms with E-state index >= 15 is 0 Å². The van der Waals surface area contributed by atoms with E-state index in [2.05, 4.69) is 29.4 Å². The minimum absolute atomic E-state index is 0.0601. The summed E-state index contributed by atoms with van der Waals surface area (Å²) in [6, 6.07) is 6.02. The minimum Gasteiger partial charge on any atom is -0.478 e. The molecule has 130 valence electrons. The van der Waals surface area contributed by atoms with Gasteiger partial charge in [-0.25, -0.2) is 4.39 Å². The molecule has 0 fully saturated rings. The molecule has 1 N–H and O–H groups in total. The molecule has 0 spiro atoms. The van der Waals surface area contributed by atoms with E-state index in [0.29, 0.717) is 17.5 Å². The molecule has 1 aromatic heterocycles. The van der Waals surface area contributed by atoms with Gasteiger partial charge >= 0.3 is 0 Å². The van der Waals surface area contributed by atoms with Crippen molar-refractivity contribution in [2.75, 3.05) is 11.1 Å². The van der Waals surface area contributed by atoms with E-state index in [1.807, 2.05) is 0 Å². The Morgan fingerprint density at radius 3 is 2.79 bits per heavy atom. The number of anilines is 1. The van der Waals surface area contributed by atoms with Crippen LogP contribution in [0.3, 0.4) is 0 Å². The van der Waals surface area contributed by atoms with E-state index < -0.39 is 11.9 Å². The first kappa shape index (κ1) is 18.7. The van der Waals surface area contributed by atoms with Crippen LogP contribution in [0.1, 0.15) is 27.2 Å². The van der Waals surface area contributed by atoms with Crippen LogP contribution in [0.4, 0.5) is 9.52 Å². The van der Waals surface area contributed by atoms with Gasteiger partial charge in [-0.3, -0.25) is 10.1 Å². The molecule has 0 aliphatic rings. The fourth-order valence-electron chi connectivity index (χ4n) is 1.76. The highest BCUT2D eigenvalue weighted by Gasteiger charge is 2.21. The lowest BCUT2D eigenvalue weighted by molar-refractivity contribution is -0.122. The molecule has 1 heterocycles. The van der Waals surface area contributed by atoms with Crippen LogP contribution < -0.4 is 10.1 Å². The summed E-state index contributed by atoms with van der Waals surface area (Å²) in [5.74, 6) is 0.696. The molecule has 1 atom stereocenters. The number of hydrogen-bond donors (Lipinski definition) is 1. The first-order chi connectivity index (χ1) is 11.5. The van der Waals surface area contributed by atoms with E-state index in [4.69, 9.17) is 4.74 Å². The van der Waals surface area contributed by atoms with Crippen molar-refractivity contribution >= 4 is 34.1 Å². The number of nitrogens with one attached hydrogen (secondary N) is 1. The molecule has 8 heteroatoms. The number of amides is 1. The van der Waals surface area contributed by atoms with Gasteiger partial charge in [0.05, 0.1) is 0 Å². The zero-order valence-corrected chi connectivity index (χ0v) is 15.4. The van der Waals surface area contributed by atoms with Crippen molar-refractivity contribution in [1.82, 2.24) is 10.2 Å². The van der Waals surface area contributed by atoms with Gasteiger partial charge in [0, 0.05) is 5.75 Å². The van der Waals surface area contributed by atoms with E-state index in [0.717, 1.165) is 10.1 Å². The van der Waals surface area contributed by atoms with Crippen LogP contribution in [0.25, 0.3) is 0 Å². The molecule has 0 aliphatic heterocycles. The number of carbonyl (C=O) groups excluding carboxylic acids is 1. The quantitative estimate of drug-likeness (QED) is 0.557. The second-order valence-corrected chi connectivity index (χ2v) is 7.76. The molecule has 2 aromatic rings. The number of para-hydroxylation sites is 1. The third-order valence-corrected chi connectivity index (χ3v) is 5.34. The van der Waals surface area contributed by atoms with Crippen LogP contribution in [0, 0.1) is 11.7 Å². The van der Waals surface area contributed by atoms with Crippen LogP contribution in [0.5, 0.6) is 5.75 Å². The second kappa shape index (κ2) is 8.98. The molecule has 0 saturated carbocycles. The normalized spacial score (nSPS) is 12.2. The first-order valence-corrected chi connectivity index (χ1v) is 9.48. The molecule has 0 aliphatic carbocycles. The number of rotatable bonds is 8. The minimum atomic E-state index is -0.794. The summed E-state index contributed by atoms with van der Waals surface area (Å²) in [4.78, 5) is 12.3. The summed E-state index contributed by atoms with van der Waals surface area (Å²) < 4.78 is 19.9. The van der Waals surface area contributed by atoms with Gasteiger partial charge in [0.25, 0.3) is 5.91 Å². The van der Waals surface area contributed by atoms with Gasteiger partial charge in [-0.15, -0.1) is 10.2 Å². The van der Waals surface area contributed by atoms with Gasteiger partial charge in [-0.2, -0.15) is 0 Å². The highest BCUT2D eigenvalue weighted by molar-refractivity contribution is 8.01. The molecule has 24 heavy (non-hydrogen) atoms. The molecule has 2 rings (SSSR count). The van der Waals surface area contributed by atoms with Crippen LogP contribution >= 0.6 is 23.1 Å². The molecular formula is C16H20FN3O2S2. The van der Waals surface area contributed by atoms with Crippen molar-refractivity contribution in [2.45, 2.75) is 37.6 Å². The third-order valence-electron chi connectivity index (χ3n) is 2.95. The van der Waals surface area contributed by atoms with Crippen LogP contribution in [0.15, 0.2) is 28.6 Å². The number of benzene rings is 1. The van der Waals surface area contributed by atoms with Gasteiger partial charge < -0.3 is 4.74 Å². The largest absolute Gasteiger partial charge is 0.478 e. The molecule has 0 saturated heterocycles. The van der Waals surface area contributed by atoms with Gasteiger partial charge in [-0.05, 0) is 24.5 Å². The highest BCUT2D eigenvalue weighted by atomic mass is 32.2. The van der Waals surface area contributed by atoms with Crippen LogP contribution in [-0.4, -0.2) is 28.0 Å². The number of aromatic nitrogens is 2. The number of ether oxygens (including phenoxy) is 1. The van der Waals surface area contributed by atoms with Crippen molar-refractivity contribution in [3.63, 3.8) is 0 Å². The van der Waals surface area contributed by atoms with Gasteiger partial charge in [0.15, 0.2) is 22.0 Å². The summed E-state index contributed by atoms with van der Waals surface area (Å²) >= 11 is 2.93. The van der Waals surface area contributed by atoms with E-state index in [1.54, 1.807) is 30.8 Å². The average Bonchev–Trinajstić information content (AvgIpc) is 2.99. The van der Waals surface area contributed by atoms with E-state index in [9.17, 15) is 9.18 Å². The topological polar surface area (TPSA) is 64.1 Å². The number of thioether (sulfide) groups is 1. The van der Waals surface area contributed by atoms with Crippen molar-refractivity contribution in [2.24, 2.45) is 5.92 Å². The maximum Gasteiger partial charge on any atom is 0.267 e. The maximum absolute atomic E-state index is 13.7. The predicted octanol–water partition coefficient (Wildman–Crippen LogP) is 4.22. The number of carbonyl (C=O) groups is 1.